The Hall–Kier alpha value is -1.20. The molecule has 1 saturated heterocycles. The molecule has 0 spiro atoms. The number of methoxy groups -OCH3 is 1. The van der Waals surface area contributed by atoms with E-state index in [2.05, 4.69) is 18.4 Å². The average Bonchev–Trinajstić information content (AvgIpc) is 2.75. The first-order chi connectivity index (χ1) is 9.69. The molecule has 2 N–H and O–H groups in total. The molecular formula is C15H23N2O2S+. The second-order valence-corrected chi connectivity index (χ2v) is 6.38. The summed E-state index contributed by atoms with van der Waals surface area (Å²) in [7, 11) is 3.74. The summed E-state index contributed by atoms with van der Waals surface area (Å²) in [5.74, 6) is 1.10. The maximum Gasteiger partial charge on any atom is 0.236 e. The summed E-state index contributed by atoms with van der Waals surface area (Å²) in [6.07, 6.45) is 1.02. The molecule has 1 aromatic carbocycles. The van der Waals surface area contributed by atoms with Crippen molar-refractivity contribution in [1.29, 1.82) is 0 Å². The highest BCUT2D eigenvalue weighted by molar-refractivity contribution is 8.01. The van der Waals surface area contributed by atoms with Crippen LogP contribution in [0.1, 0.15) is 24.3 Å². The minimum Gasteiger partial charge on any atom is -0.496 e. The van der Waals surface area contributed by atoms with Crippen molar-refractivity contribution in [3.8, 4) is 5.75 Å². The summed E-state index contributed by atoms with van der Waals surface area (Å²) in [6.45, 7) is 3.84. The molecule has 1 aliphatic rings. The standard InChI is InChI=1S/C15H22N2O2S/c1-11-14(18)17(10-6-9-16-2)15(20-11)12-7-4-5-8-13(12)19-3/h4-5,7-8,11,15-16H,6,9-10H2,1-3H3/p+1/t11-,15-/m0/s1. The van der Waals surface area contributed by atoms with Crippen molar-refractivity contribution < 1.29 is 14.8 Å². The molecule has 110 valence electrons. The first-order valence-corrected chi connectivity index (χ1v) is 8.00. The summed E-state index contributed by atoms with van der Waals surface area (Å²) in [5, 5.41) is 2.25. The largest absolute Gasteiger partial charge is 0.496 e. The lowest BCUT2D eigenvalue weighted by atomic mass is 10.1. The Bertz CT molecular complexity index is 467. The van der Waals surface area contributed by atoms with Gasteiger partial charge in [0.25, 0.3) is 0 Å². The zero-order valence-electron chi connectivity index (χ0n) is 12.3. The highest BCUT2D eigenvalue weighted by Gasteiger charge is 2.39. The molecule has 0 aromatic heterocycles. The van der Waals surface area contributed by atoms with Crippen LogP contribution in [0.2, 0.25) is 0 Å². The summed E-state index contributed by atoms with van der Waals surface area (Å²) < 4.78 is 5.44. The molecule has 0 radical (unpaired) electrons. The van der Waals surface area contributed by atoms with Gasteiger partial charge in [-0.05, 0) is 13.0 Å². The summed E-state index contributed by atoms with van der Waals surface area (Å²) in [6, 6.07) is 7.98. The topological polar surface area (TPSA) is 46.2 Å². The molecule has 0 unspecified atom stereocenters. The van der Waals surface area contributed by atoms with Gasteiger partial charge in [0.05, 0.1) is 26.0 Å². The number of amides is 1. The van der Waals surface area contributed by atoms with Gasteiger partial charge in [0, 0.05) is 18.5 Å². The fourth-order valence-corrected chi connectivity index (χ4v) is 3.82. The zero-order chi connectivity index (χ0) is 14.5. The molecule has 0 saturated carbocycles. The summed E-state index contributed by atoms with van der Waals surface area (Å²) in [4.78, 5) is 14.3. The van der Waals surface area contributed by atoms with Crippen molar-refractivity contribution in [2.45, 2.75) is 24.0 Å². The van der Waals surface area contributed by atoms with E-state index < -0.39 is 0 Å². The SMILES string of the molecule is C[NH2+]CCCN1C(=O)[C@H](C)S[C@H]1c1ccccc1OC. The van der Waals surface area contributed by atoms with Gasteiger partial charge in [-0.15, -0.1) is 11.8 Å². The number of carbonyl (C=O) groups excluding carboxylic acids is 1. The average molecular weight is 295 g/mol. The Morgan fingerprint density at radius 1 is 1.40 bits per heavy atom. The van der Waals surface area contributed by atoms with Crippen LogP contribution in [0.25, 0.3) is 0 Å². The molecule has 1 aliphatic heterocycles. The number of carbonyl (C=O) groups is 1. The predicted octanol–water partition coefficient (Wildman–Crippen LogP) is 1.24. The quantitative estimate of drug-likeness (QED) is 0.803. The van der Waals surface area contributed by atoms with Crippen molar-refractivity contribution in [1.82, 2.24) is 4.90 Å². The van der Waals surface area contributed by atoms with Gasteiger partial charge < -0.3 is 15.0 Å². The lowest BCUT2D eigenvalue weighted by Gasteiger charge is -2.25. The molecule has 2 atom stereocenters. The van der Waals surface area contributed by atoms with Crippen LogP contribution in [0, 0.1) is 0 Å². The third-order valence-corrected chi connectivity index (χ3v) is 4.92. The van der Waals surface area contributed by atoms with Crippen molar-refractivity contribution in [3.63, 3.8) is 0 Å². The van der Waals surface area contributed by atoms with Gasteiger partial charge in [0.15, 0.2) is 0 Å². The van der Waals surface area contributed by atoms with E-state index in [0.29, 0.717) is 0 Å². The third-order valence-electron chi connectivity index (χ3n) is 3.54. The van der Waals surface area contributed by atoms with Crippen LogP contribution < -0.4 is 10.1 Å². The lowest BCUT2D eigenvalue weighted by Crippen LogP contribution is -2.79. The van der Waals surface area contributed by atoms with Crippen LogP contribution in [0.4, 0.5) is 0 Å². The van der Waals surface area contributed by atoms with Crippen molar-refractivity contribution in [2.24, 2.45) is 0 Å². The smallest absolute Gasteiger partial charge is 0.236 e. The molecular weight excluding hydrogens is 272 g/mol. The minimum atomic E-state index is 0.0236. The van der Waals surface area contributed by atoms with E-state index in [0.717, 1.165) is 30.8 Å². The number of hydrogen-bond donors (Lipinski definition) is 1. The van der Waals surface area contributed by atoms with Gasteiger partial charge in [-0.2, -0.15) is 0 Å². The van der Waals surface area contributed by atoms with E-state index in [1.54, 1.807) is 18.9 Å². The Morgan fingerprint density at radius 2 is 2.15 bits per heavy atom. The normalized spacial score (nSPS) is 22.4. The molecule has 5 heteroatoms. The number of quaternary nitrogens is 1. The maximum atomic E-state index is 12.3. The number of para-hydroxylation sites is 1. The fourth-order valence-electron chi connectivity index (χ4n) is 2.48. The van der Waals surface area contributed by atoms with E-state index >= 15 is 0 Å². The van der Waals surface area contributed by atoms with E-state index in [1.165, 1.54) is 0 Å². The monoisotopic (exact) mass is 295 g/mol. The molecule has 20 heavy (non-hydrogen) atoms. The van der Waals surface area contributed by atoms with Crippen LogP contribution in [0.5, 0.6) is 5.75 Å². The minimum absolute atomic E-state index is 0.0236. The van der Waals surface area contributed by atoms with Gasteiger partial charge in [-0.25, -0.2) is 0 Å². The van der Waals surface area contributed by atoms with E-state index in [1.807, 2.05) is 30.0 Å². The van der Waals surface area contributed by atoms with E-state index in [9.17, 15) is 4.79 Å². The highest BCUT2D eigenvalue weighted by atomic mass is 32.2. The van der Waals surface area contributed by atoms with Gasteiger partial charge >= 0.3 is 0 Å². The predicted molar refractivity (Wildman–Crippen MR) is 81.8 cm³/mol. The molecule has 2 rings (SSSR count). The number of rotatable bonds is 6. The number of hydrogen-bond acceptors (Lipinski definition) is 3. The highest BCUT2D eigenvalue weighted by Crippen LogP contribution is 2.45. The van der Waals surface area contributed by atoms with Crippen LogP contribution in [-0.4, -0.2) is 43.3 Å². The van der Waals surface area contributed by atoms with E-state index in [-0.39, 0.29) is 16.5 Å². The Balaban J connectivity index is 2.21. The van der Waals surface area contributed by atoms with Crippen LogP contribution in [0.15, 0.2) is 24.3 Å². The van der Waals surface area contributed by atoms with Gasteiger partial charge in [-0.3, -0.25) is 4.79 Å². The number of benzene rings is 1. The maximum absolute atomic E-state index is 12.3. The van der Waals surface area contributed by atoms with Crippen LogP contribution in [-0.2, 0) is 4.79 Å². The second-order valence-electron chi connectivity index (χ2n) is 4.95. The molecule has 1 fully saturated rings. The molecule has 0 bridgehead atoms. The Labute approximate surface area is 124 Å². The van der Waals surface area contributed by atoms with Crippen LogP contribution in [0.3, 0.4) is 0 Å². The molecule has 1 amide bonds. The third kappa shape index (κ3) is 3.10. The molecule has 4 nitrogen and oxygen atoms in total. The number of thioether (sulfide) groups is 1. The second kappa shape index (κ2) is 6.99. The molecule has 1 heterocycles. The molecule has 0 aliphatic carbocycles. The number of ether oxygens (including phenoxy) is 1. The fraction of sp³-hybridized carbons (Fsp3) is 0.533. The van der Waals surface area contributed by atoms with Crippen molar-refractivity contribution in [3.05, 3.63) is 29.8 Å². The number of nitrogens with two attached hydrogens (primary N) is 1. The number of nitrogens with zero attached hydrogens (tertiary/aromatic N) is 1. The van der Waals surface area contributed by atoms with E-state index in [4.69, 9.17) is 4.74 Å². The first-order valence-electron chi connectivity index (χ1n) is 7.05. The van der Waals surface area contributed by atoms with Gasteiger partial charge in [-0.1, -0.05) is 18.2 Å². The summed E-state index contributed by atoms with van der Waals surface area (Å²) >= 11 is 1.71. The Morgan fingerprint density at radius 3 is 2.85 bits per heavy atom. The lowest BCUT2D eigenvalue weighted by molar-refractivity contribution is -0.627. The van der Waals surface area contributed by atoms with Crippen LogP contribution >= 0.6 is 11.8 Å². The van der Waals surface area contributed by atoms with Gasteiger partial charge in [0.1, 0.15) is 11.1 Å². The van der Waals surface area contributed by atoms with Crippen molar-refractivity contribution >= 4 is 17.7 Å². The molecule has 1 aromatic rings. The van der Waals surface area contributed by atoms with Gasteiger partial charge in [0.2, 0.25) is 5.91 Å². The Kier molecular flexibility index (Phi) is 5.31. The zero-order valence-corrected chi connectivity index (χ0v) is 13.2. The van der Waals surface area contributed by atoms with Crippen molar-refractivity contribution in [2.75, 3.05) is 27.2 Å². The first kappa shape index (κ1) is 15.2. The summed E-state index contributed by atoms with van der Waals surface area (Å²) in [5.41, 5.74) is 1.10.